The van der Waals surface area contributed by atoms with Gasteiger partial charge in [-0.1, -0.05) is 11.1 Å². The molecule has 0 aromatic carbocycles. The molecule has 1 aliphatic heterocycles. The fraction of sp³-hybridized carbons (Fsp3) is 0.500. The van der Waals surface area contributed by atoms with Crippen LogP contribution in [0.5, 0.6) is 0 Å². The van der Waals surface area contributed by atoms with Gasteiger partial charge in [0.25, 0.3) is 5.82 Å². The first-order valence-corrected chi connectivity index (χ1v) is 7.41. The van der Waals surface area contributed by atoms with Crippen LogP contribution < -0.4 is 10.3 Å². The zero-order valence-corrected chi connectivity index (χ0v) is 12.8. The molecule has 1 unspecified atom stereocenters. The first-order chi connectivity index (χ1) is 11.5. The van der Waals surface area contributed by atoms with E-state index in [1.807, 2.05) is 0 Å². The van der Waals surface area contributed by atoms with Crippen LogP contribution in [0.3, 0.4) is 0 Å². The summed E-state index contributed by atoms with van der Waals surface area (Å²) in [4.78, 5) is 8.43. The van der Waals surface area contributed by atoms with E-state index in [2.05, 4.69) is 16.5 Å². The number of fused-ring (bicyclic) bond motifs is 1. The van der Waals surface area contributed by atoms with Crippen molar-refractivity contribution >= 4 is 17.0 Å². The third-order valence-corrected chi connectivity index (χ3v) is 4.09. The standard InChI is InChI=1S/C14H19N5O5/c1-2-7(21)3-18-5-17-13-9(12(18)15)16-6-19(13)14-11(23)10(22)8(4-20)24-14/h2,5-8,10-11,14-15,20-23H,1,3-4H2/p+1/t7?,8-,10-,11-,14-/m1/s1. The highest BCUT2D eigenvalue weighted by atomic mass is 16.6. The Morgan fingerprint density at radius 3 is 2.79 bits per heavy atom. The van der Waals surface area contributed by atoms with Crippen LogP contribution in [0.15, 0.2) is 25.3 Å². The van der Waals surface area contributed by atoms with Gasteiger partial charge in [0.1, 0.15) is 37.3 Å². The minimum absolute atomic E-state index is 0.180. The maximum Gasteiger partial charge on any atom is 0.250 e. The Hall–Kier alpha value is -2.11. The summed E-state index contributed by atoms with van der Waals surface area (Å²) in [7, 11) is 0. The quantitative estimate of drug-likeness (QED) is 0.295. The Labute approximate surface area is 137 Å². The highest BCUT2D eigenvalue weighted by Crippen LogP contribution is 2.31. The van der Waals surface area contributed by atoms with E-state index in [4.69, 9.17) is 10.5 Å². The summed E-state index contributed by atoms with van der Waals surface area (Å²) in [5, 5.41) is 38.8. The summed E-state index contributed by atoms with van der Waals surface area (Å²) in [5.74, 6) is 0.284. The van der Waals surface area contributed by atoms with Crippen LogP contribution in [0, 0.1) is 0 Å². The van der Waals surface area contributed by atoms with Gasteiger partial charge in [-0.25, -0.2) is 9.55 Å². The zero-order chi connectivity index (χ0) is 17.4. The number of imidazole rings is 1. The molecule has 6 N–H and O–H groups in total. The topological polar surface area (TPSA) is 151 Å². The van der Waals surface area contributed by atoms with Gasteiger partial charge < -0.3 is 30.9 Å². The number of nitrogens with zero attached hydrogens (tertiary/aromatic N) is 4. The Bertz CT molecular complexity index is 750. The molecule has 2 aromatic heterocycles. The number of aromatic nitrogens is 4. The lowest BCUT2D eigenvalue weighted by Crippen LogP contribution is -2.42. The smallest absolute Gasteiger partial charge is 0.250 e. The number of hydrogen-bond donors (Lipinski definition) is 5. The molecular weight excluding hydrogens is 318 g/mol. The minimum atomic E-state index is -1.24. The molecule has 0 saturated carbocycles. The van der Waals surface area contributed by atoms with E-state index in [0.29, 0.717) is 11.2 Å². The molecule has 24 heavy (non-hydrogen) atoms. The van der Waals surface area contributed by atoms with Crippen molar-refractivity contribution in [1.29, 1.82) is 0 Å². The number of aliphatic hydroxyl groups is 4. The van der Waals surface area contributed by atoms with E-state index in [1.54, 1.807) is 0 Å². The van der Waals surface area contributed by atoms with Crippen molar-refractivity contribution in [2.75, 3.05) is 12.3 Å². The second-order valence-corrected chi connectivity index (χ2v) is 5.64. The van der Waals surface area contributed by atoms with Gasteiger partial charge in [-0.15, -0.1) is 6.58 Å². The number of nitrogens with two attached hydrogens (primary N) is 1. The first-order valence-electron chi connectivity index (χ1n) is 7.41. The van der Waals surface area contributed by atoms with Gasteiger partial charge in [0, 0.05) is 0 Å². The second-order valence-electron chi connectivity index (χ2n) is 5.64. The molecular formula is C14H20N5O5+. The average Bonchev–Trinajstić information content (AvgIpc) is 3.12. The van der Waals surface area contributed by atoms with Crippen LogP contribution in [0.1, 0.15) is 6.23 Å². The molecule has 1 aliphatic rings. The van der Waals surface area contributed by atoms with E-state index in [1.165, 1.54) is 27.9 Å². The van der Waals surface area contributed by atoms with Gasteiger partial charge in [0.2, 0.25) is 12.0 Å². The van der Waals surface area contributed by atoms with E-state index < -0.39 is 37.3 Å². The SMILES string of the molecule is C=CC(O)C[n+]1cnc2c(ncn2[C@@H]2O[C@H](CO)[C@@H](O)[C@H]2O)c1N. The molecule has 0 bridgehead atoms. The van der Waals surface area contributed by atoms with Crippen molar-refractivity contribution in [1.82, 2.24) is 14.5 Å². The van der Waals surface area contributed by atoms with Crippen molar-refractivity contribution < 1.29 is 29.7 Å². The lowest BCUT2D eigenvalue weighted by Gasteiger charge is -2.15. The maximum atomic E-state index is 10.1. The third-order valence-electron chi connectivity index (χ3n) is 4.09. The van der Waals surface area contributed by atoms with Crippen LogP contribution in [-0.2, 0) is 11.3 Å². The summed E-state index contributed by atoms with van der Waals surface area (Å²) in [6.45, 7) is 3.26. The molecule has 1 fully saturated rings. The molecule has 0 radical (unpaired) electrons. The Morgan fingerprint density at radius 1 is 1.42 bits per heavy atom. The van der Waals surface area contributed by atoms with E-state index in [9.17, 15) is 20.4 Å². The third kappa shape index (κ3) is 2.64. The number of anilines is 1. The number of rotatable bonds is 5. The van der Waals surface area contributed by atoms with Crippen LogP contribution >= 0.6 is 0 Å². The molecule has 0 spiro atoms. The average molecular weight is 338 g/mol. The molecule has 3 rings (SSSR count). The summed E-state index contributed by atoms with van der Waals surface area (Å²) >= 11 is 0. The summed E-state index contributed by atoms with van der Waals surface area (Å²) in [6, 6.07) is 0. The van der Waals surface area contributed by atoms with Gasteiger partial charge in [0.05, 0.1) is 6.61 Å². The molecule has 10 nitrogen and oxygen atoms in total. The molecule has 0 aliphatic carbocycles. The first kappa shape index (κ1) is 16.7. The predicted octanol–water partition coefficient (Wildman–Crippen LogP) is -2.54. The van der Waals surface area contributed by atoms with Crippen molar-refractivity contribution in [2.24, 2.45) is 0 Å². The molecule has 5 atom stereocenters. The van der Waals surface area contributed by atoms with Crippen molar-refractivity contribution in [3.63, 3.8) is 0 Å². The normalized spacial score (nSPS) is 28.3. The fourth-order valence-electron chi connectivity index (χ4n) is 2.70. The van der Waals surface area contributed by atoms with Crippen LogP contribution in [0.4, 0.5) is 5.82 Å². The fourth-order valence-corrected chi connectivity index (χ4v) is 2.70. The van der Waals surface area contributed by atoms with Crippen LogP contribution in [0.2, 0.25) is 0 Å². The number of hydrogen-bond acceptors (Lipinski definition) is 8. The molecule has 10 heteroatoms. The summed E-state index contributed by atoms with van der Waals surface area (Å²) < 4.78 is 8.45. The summed E-state index contributed by atoms with van der Waals surface area (Å²) in [5.41, 5.74) is 6.78. The number of nitrogen functional groups attached to an aromatic ring is 1. The molecule has 130 valence electrons. The van der Waals surface area contributed by atoms with Crippen LogP contribution in [-0.4, -0.2) is 66.0 Å². The van der Waals surface area contributed by atoms with Gasteiger partial charge in [-0.05, 0) is 0 Å². The van der Waals surface area contributed by atoms with E-state index in [-0.39, 0.29) is 12.4 Å². The van der Waals surface area contributed by atoms with Crippen molar-refractivity contribution in [2.45, 2.75) is 37.2 Å². The monoisotopic (exact) mass is 338 g/mol. The Kier molecular flexibility index (Phi) is 4.47. The lowest BCUT2D eigenvalue weighted by atomic mass is 10.1. The Morgan fingerprint density at radius 2 is 2.17 bits per heavy atom. The Balaban J connectivity index is 1.97. The van der Waals surface area contributed by atoms with Gasteiger partial charge in [0.15, 0.2) is 11.7 Å². The predicted molar refractivity (Wildman–Crippen MR) is 81.3 cm³/mol. The van der Waals surface area contributed by atoms with Crippen molar-refractivity contribution in [3.8, 4) is 0 Å². The van der Waals surface area contributed by atoms with Crippen LogP contribution in [0.25, 0.3) is 11.2 Å². The zero-order valence-electron chi connectivity index (χ0n) is 12.8. The van der Waals surface area contributed by atoms with Gasteiger partial charge in [-0.2, -0.15) is 0 Å². The second kappa shape index (κ2) is 6.42. The van der Waals surface area contributed by atoms with Gasteiger partial charge >= 0.3 is 0 Å². The highest BCUT2D eigenvalue weighted by Gasteiger charge is 2.44. The maximum absolute atomic E-state index is 10.1. The summed E-state index contributed by atoms with van der Waals surface area (Å²) in [6.07, 6.45) is -0.858. The largest absolute Gasteiger partial charge is 0.394 e. The van der Waals surface area contributed by atoms with E-state index in [0.717, 1.165) is 0 Å². The lowest BCUT2D eigenvalue weighted by molar-refractivity contribution is -0.689. The van der Waals surface area contributed by atoms with E-state index >= 15 is 0 Å². The molecule has 0 amide bonds. The number of ether oxygens (including phenoxy) is 1. The van der Waals surface area contributed by atoms with Crippen molar-refractivity contribution in [3.05, 3.63) is 25.3 Å². The minimum Gasteiger partial charge on any atom is -0.394 e. The van der Waals surface area contributed by atoms with Gasteiger partial charge in [-0.3, -0.25) is 4.57 Å². The molecule has 1 saturated heterocycles. The highest BCUT2D eigenvalue weighted by molar-refractivity contribution is 5.79. The molecule has 2 aromatic rings. The molecule has 3 heterocycles. The number of aliphatic hydroxyl groups excluding tert-OH is 4.